The quantitative estimate of drug-likeness (QED) is 0.157. The summed E-state index contributed by atoms with van der Waals surface area (Å²) in [6, 6.07) is 3.23. The number of carbonyl (C=O) groups is 1. The van der Waals surface area contributed by atoms with Crippen molar-refractivity contribution >= 4 is 106 Å². The molecular formula is C32H33Cl6F3N2O3Si. The first-order chi connectivity index (χ1) is 22.0. The van der Waals surface area contributed by atoms with E-state index >= 15 is 0 Å². The number of ether oxygens (including phenoxy) is 1. The van der Waals surface area contributed by atoms with Crippen molar-refractivity contribution < 1.29 is 27.1 Å². The molecule has 0 radical (unpaired) electrons. The molecule has 4 aromatic rings. The van der Waals surface area contributed by atoms with Gasteiger partial charge in [-0.15, -0.1) is 0 Å². The highest BCUT2D eigenvalue weighted by Crippen LogP contribution is 2.53. The number of hydrogen-bond donors (Lipinski definition) is 2. The summed E-state index contributed by atoms with van der Waals surface area (Å²) >= 11 is 36.7. The van der Waals surface area contributed by atoms with Crippen molar-refractivity contribution in [3.8, 4) is 0 Å². The first-order valence-corrected chi connectivity index (χ1v) is 20.9. The number of ketones is 1. The minimum atomic E-state index is -4.55. The fraction of sp³-hybridized carbons (Fsp3) is 0.469. The summed E-state index contributed by atoms with van der Waals surface area (Å²) in [4.78, 5) is 17.8. The Morgan fingerprint density at radius 2 is 1.30 bits per heavy atom. The molecule has 1 saturated heterocycles. The number of H-pyrrole nitrogens is 2. The lowest BCUT2D eigenvalue weighted by Crippen LogP contribution is -2.52. The predicted molar refractivity (Wildman–Crippen MR) is 189 cm³/mol. The number of fused-ring (bicyclic) bond motifs is 6. The fourth-order valence-electron chi connectivity index (χ4n) is 6.40. The van der Waals surface area contributed by atoms with E-state index in [0.717, 1.165) is 42.5 Å². The molecule has 2 N–H and O–H groups in total. The summed E-state index contributed by atoms with van der Waals surface area (Å²) in [5.74, 6) is 0.130. The molecule has 1 unspecified atom stereocenters. The summed E-state index contributed by atoms with van der Waals surface area (Å²) in [6.07, 6.45) is 0.983. The molecule has 3 heterocycles. The second-order valence-electron chi connectivity index (χ2n) is 12.8. The van der Waals surface area contributed by atoms with Gasteiger partial charge in [0.05, 0.1) is 41.5 Å². The van der Waals surface area contributed by atoms with Crippen LogP contribution in [0.4, 0.5) is 13.2 Å². The molecule has 2 aromatic heterocycles. The van der Waals surface area contributed by atoms with Crippen molar-refractivity contribution in [2.75, 3.05) is 13.2 Å². The van der Waals surface area contributed by atoms with Crippen LogP contribution in [0.15, 0.2) is 12.1 Å². The van der Waals surface area contributed by atoms with Gasteiger partial charge in [-0.1, -0.05) is 69.6 Å². The first-order valence-electron chi connectivity index (χ1n) is 15.2. The monoisotopic (exact) mass is 788 g/mol. The van der Waals surface area contributed by atoms with Crippen LogP contribution in [0.3, 0.4) is 0 Å². The molecule has 1 atom stereocenters. The third-order valence-corrected chi connectivity index (χ3v) is 11.8. The number of hydrogen-bond acceptors (Lipinski definition) is 3. The van der Waals surface area contributed by atoms with Crippen molar-refractivity contribution in [3.05, 3.63) is 64.8 Å². The number of nitrogens with one attached hydrogen (secondary N) is 2. The number of carbonyl (C=O) groups excluding carboxylic acids is 1. The average molecular weight is 791 g/mol. The zero-order valence-electron chi connectivity index (χ0n) is 25.9. The van der Waals surface area contributed by atoms with E-state index < -0.39 is 20.1 Å². The molecule has 7 rings (SSSR count). The van der Waals surface area contributed by atoms with Crippen molar-refractivity contribution in [3.63, 3.8) is 0 Å². The van der Waals surface area contributed by atoms with E-state index in [4.69, 9.17) is 78.8 Å². The lowest BCUT2D eigenvalue weighted by molar-refractivity contribution is -0.264. The number of Topliss-reactive ketones (excluding diaryl/α,β-unsaturated/α-hetero) is 1. The topological polar surface area (TPSA) is 67.1 Å². The van der Waals surface area contributed by atoms with Crippen LogP contribution >= 0.6 is 69.6 Å². The van der Waals surface area contributed by atoms with Crippen LogP contribution in [0, 0.1) is 0 Å². The van der Waals surface area contributed by atoms with E-state index in [1.54, 1.807) is 25.7 Å². The van der Waals surface area contributed by atoms with E-state index in [-0.39, 0.29) is 33.0 Å². The van der Waals surface area contributed by atoms with Crippen molar-refractivity contribution in [1.82, 2.24) is 9.97 Å². The molecule has 15 heteroatoms. The number of benzene rings is 2. The summed E-state index contributed by atoms with van der Waals surface area (Å²) in [7, 11) is -2.50. The maximum absolute atomic E-state index is 14.2. The Bertz CT molecular complexity index is 1820. The zero-order valence-corrected chi connectivity index (χ0v) is 31.4. The van der Waals surface area contributed by atoms with Gasteiger partial charge in [-0.3, -0.25) is 4.79 Å². The normalized spacial score (nSPS) is 19.6. The SMILES string of the molecule is C1CCOC1.C[Si](C)(C)OC1(C(F)(F)F)CCCc2c1[nH]c1cc(Cl)c(Cl)c(Cl)c21.O=C1CCCc2c1[nH]c1cc(Cl)c(Cl)c(Cl)c21. The van der Waals surface area contributed by atoms with Gasteiger partial charge in [0.25, 0.3) is 0 Å². The van der Waals surface area contributed by atoms with Gasteiger partial charge in [0.2, 0.25) is 0 Å². The second-order valence-corrected chi connectivity index (χ2v) is 19.5. The van der Waals surface area contributed by atoms with Gasteiger partial charge in [-0.05, 0) is 87.8 Å². The summed E-state index contributed by atoms with van der Waals surface area (Å²) in [6.45, 7) is 7.24. The smallest absolute Gasteiger partial charge is 0.399 e. The maximum Gasteiger partial charge on any atom is 0.422 e. The summed E-state index contributed by atoms with van der Waals surface area (Å²) in [5, 5.41) is 3.03. The third-order valence-electron chi connectivity index (χ3n) is 8.29. The molecule has 0 bridgehead atoms. The number of aromatic amines is 2. The zero-order chi connectivity index (χ0) is 34.5. The summed E-state index contributed by atoms with van der Waals surface area (Å²) < 4.78 is 53.3. The molecule has 256 valence electrons. The van der Waals surface area contributed by atoms with Gasteiger partial charge in [-0.2, -0.15) is 13.2 Å². The molecular weight excluding hydrogens is 758 g/mol. The van der Waals surface area contributed by atoms with E-state index in [0.29, 0.717) is 56.5 Å². The van der Waals surface area contributed by atoms with Crippen LogP contribution in [0.2, 0.25) is 49.8 Å². The Balaban J connectivity index is 0.000000168. The van der Waals surface area contributed by atoms with Crippen LogP contribution < -0.4 is 0 Å². The Morgan fingerprint density at radius 1 is 0.766 bits per heavy atom. The maximum atomic E-state index is 14.2. The Hall–Kier alpha value is -1.14. The summed E-state index contributed by atoms with van der Waals surface area (Å²) in [5.41, 5.74) is 1.05. The van der Waals surface area contributed by atoms with Crippen LogP contribution in [-0.4, -0.2) is 43.5 Å². The fourth-order valence-corrected chi connectivity index (χ4v) is 9.20. The molecule has 0 spiro atoms. The predicted octanol–water partition coefficient (Wildman–Crippen LogP) is 12.5. The Labute approximate surface area is 301 Å². The third kappa shape index (κ3) is 7.35. The lowest BCUT2D eigenvalue weighted by Gasteiger charge is -2.42. The highest BCUT2D eigenvalue weighted by molar-refractivity contribution is 6.69. The van der Waals surface area contributed by atoms with Gasteiger partial charge in [0.1, 0.15) is 0 Å². The van der Waals surface area contributed by atoms with Crippen LogP contribution in [0.25, 0.3) is 21.8 Å². The van der Waals surface area contributed by atoms with Crippen molar-refractivity contribution in [2.24, 2.45) is 0 Å². The van der Waals surface area contributed by atoms with Crippen LogP contribution in [0.1, 0.15) is 65.8 Å². The molecule has 47 heavy (non-hydrogen) atoms. The standard InChI is InChI=1S/C16H17Cl3F3NOSi.C12H8Cl3NO.C4H8O/c1-25(2,3)24-15(16(20,21)22)6-4-5-8-11-10(23-14(8)15)7-9(17)12(18)13(11)19;13-6-4-7-9(11(15)10(6)14)5-2-1-3-8(17)12(5)16-7;1-2-4-5-3-1/h7,23H,4-6H2,1-3H3;4,16H,1-3H2;1-4H2. The number of aromatic nitrogens is 2. The molecule has 0 amide bonds. The van der Waals surface area contributed by atoms with Gasteiger partial charge in [-0.25, -0.2) is 0 Å². The average Bonchev–Trinajstić information content (AvgIpc) is 3.75. The van der Waals surface area contributed by atoms with E-state index in [1.807, 2.05) is 0 Å². The van der Waals surface area contributed by atoms with Gasteiger partial charge < -0.3 is 19.1 Å². The first kappa shape index (κ1) is 37.1. The van der Waals surface area contributed by atoms with Gasteiger partial charge >= 0.3 is 6.18 Å². The highest BCUT2D eigenvalue weighted by Gasteiger charge is 2.61. The van der Waals surface area contributed by atoms with E-state index in [9.17, 15) is 18.0 Å². The minimum absolute atomic E-state index is 0.0314. The van der Waals surface area contributed by atoms with Crippen molar-refractivity contribution in [1.29, 1.82) is 0 Å². The number of halogens is 9. The molecule has 2 aromatic carbocycles. The Morgan fingerprint density at radius 3 is 1.81 bits per heavy atom. The lowest BCUT2D eigenvalue weighted by atomic mass is 9.82. The van der Waals surface area contributed by atoms with Crippen molar-refractivity contribution in [2.45, 2.75) is 82.8 Å². The van der Waals surface area contributed by atoms with E-state index in [2.05, 4.69) is 9.97 Å². The van der Waals surface area contributed by atoms with Crippen LogP contribution in [0.5, 0.6) is 0 Å². The molecule has 3 aliphatic rings. The minimum Gasteiger partial charge on any atom is -0.399 e. The second kappa shape index (κ2) is 14.2. The molecule has 1 aliphatic heterocycles. The number of alkyl halides is 3. The molecule has 5 nitrogen and oxygen atoms in total. The molecule has 2 aliphatic carbocycles. The van der Waals surface area contributed by atoms with Crippen LogP contribution in [-0.2, 0) is 27.6 Å². The molecule has 1 fully saturated rings. The van der Waals surface area contributed by atoms with E-state index in [1.165, 1.54) is 18.9 Å². The molecule has 0 saturated carbocycles. The van der Waals surface area contributed by atoms with Gasteiger partial charge in [0, 0.05) is 41.4 Å². The number of aryl methyl sites for hydroxylation is 2. The number of rotatable bonds is 2. The van der Waals surface area contributed by atoms with Gasteiger partial charge in [0.15, 0.2) is 19.7 Å². The highest BCUT2D eigenvalue weighted by atomic mass is 35.5. The largest absolute Gasteiger partial charge is 0.422 e. The Kier molecular flexibility index (Phi) is 11.2.